The van der Waals surface area contributed by atoms with Crippen LogP contribution in [0.15, 0.2) is 22.6 Å². The summed E-state index contributed by atoms with van der Waals surface area (Å²) in [6.07, 6.45) is 0. The largest absolute Gasteiger partial charge is 0.591 e. The van der Waals surface area contributed by atoms with E-state index in [1.54, 1.807) is 13.0 Å². The van der Waals surface area contributed by atoms with E-state index in [1.807, 2.05) is 20.8 Å². The van der Waals surface area contributed by atoms with Gasteiger partial charge in [-0.3, -0.25) is 4.79 Å². The van der Waals surface area contributed by atoms with E-state index in [4.69, 9.17) is 0 Å². The quantitative estimate of drug-likeness (QED) is 0.688. The van der Waals surface area contributed by atoms with Crippen LogP contribution in [0.4, 0.5) is 10.1 Å². The van der Waals surface area contributed by atoms with Crippen LogP contribution in [0.3, 0.4) is 0 Å². The van der Waals surface area contributed by atoms with Gasteiger partial charge in [-0.25, -0.2) is 4.39 Å². The Morgan fingerprint density at radius 1 is 1.30 bits per heavy atom. The molecule has 4 nitrogen and oxygen atoms in total. The number of hydrogen-bond acceptors (Lipinski definition) is 3. The van der Waals surface area contributed by atoms with E-state index in [2.05, 4.69) is 9.71 Å². The number of halogens is 1. The number of anilines is 1. The van der Waals surface area contributed by atoms with Crippen molar-refractivity contribution in [1.29, 1.82) is 0 Å². The molecule has 1 aromatic carbocycles. The van der Waals surface area contributed by atoms with E-state index in [0.717, 1.165) is 0 Å². The fourth-order valence-electron chi connectivity index (χ4n) is 1.39. The van der Waals surface area contributed by atoms with Crippen LogP contribution in [-0.4, -0.2) is 20.9 Å². The highest BCUT2D eigenvalue weighted by Crippen LogP contribution is 2.20. The van der Waals surface area contributed by atoms with Crippen LogP contribution in [0, 0.1) is 5.82 Å². The summed E-state index contributed by atoms with van der Waals surface area (Å²) in [7, 11) is 0. The van der Waals surface area contributed by atoms with Gasteiger partial charge in [0.1, 0.15) is 21.9 Å². The molecule has 0 saturated carbocycles. The first-order valence-corrected chi connectivity index (χ1v) is 7.26. The second-order valence-corrected chi connectivity index (χ2v) is 7.35. The number of carbonyl (C=O) groups is 1. The molecule has 6 heteroatoms. The maximum absolute atomic E-state index is 13.5. The first-order valence-electron chi connectivity index (χ1n) is 6.15. The zero-order chi connectivity index (χ0) is 15.5. The topological polar surface area (TPSA) is 64.5 Å². The summed E-state index contributed by atoms with van der Waals surface area (Å²) in [5.74, 6) is -0.767. The van der Waals surface area contributed by atoms with Crippen LogP contribution in [0.5, 0.6) is 0 Å². The summed E-state index contributed by atoms with van der Waals surface area (Å²) >= 11 is -1.41. The maximum atomic E-state index is 13.5. The molecule has 0 fully saturated rings. The highest BCUT2D eigenvalue weighted by Gasteiger charge is 2.26. The van der Waals surface area contributed by atoms with Gasteiger partial charge in [-0.2, -0.15) is 0 Å². The summed E-state index contributed by atoms with van der Waals surface area (Å²) in [5.41, 5.74) is 1.30. The van der Waals surface area contributed by atoms with Crippen LogP contribution in [0.25, 0.3) is 0 Å². The van der Waals surface area contributed by atoms with E-state index in [-0.39, 0.29) is 5.91 Å². The molecule has 1 rings (SSSR count). The van der Waals surface area contributed by atoms with Crippen LogP contribution < -0.4 is 5.32 Å². The first-order chi connectivity index (χ1) is 9.09. The third-order valence-corrected chi connectivity index (χ3v) is 3.87. The molecule has 110 valence electrons. The van der Waals surface area contributed by atoms with Crippen LogP contribution in [-0.2, 0) is 16.2 Å². The number of nitrogens with one attached hydrogen (secondary N) is 1. The van der Waals surface area contributed by atoms with Gasteiger partial charge in [0, 0.05) is 18.2 Å². The Morgan fingerprint density at radius 3 is 2.40 bits per heavy atom. The van der Waals surface area contributed by atoms with Crippen molar-refractivity contribution in [3.05, 3.63) is 29.6 Å². The van der Waals surface area contributed by atoms with Gasteiger partial charge in [-0.1, -0.05) is 4.40 Å². The van der Waals surface area contributed by atoms with Crippen LogP contribution >= 0.6 is 0 Å². The molecule has 0 heterocycles. The number of benzene rings is 1. The van der Waals surface area contributed by atoms with Crippen LogP contribution in [0.1, 0.15) is 40.2 Å². The Morgan fingerprint density at radius 2 is 1.90 bits per heavy atom. The lowest BCUT2D eigenvalue weighted by molar-refractivity contribution is -0.114. The minimum absolute atomic E-state index is 0.283. The minimum atomic E-state index is -1.41. The molecule has 0 aliphatic carbocycles. The van der Waals surface area contributed by atoms with Gasteiger partial charge in [0.25, 0.3) is 0 Å². The summed E-state index contributed by atoms with van der Waals surface area (Å²) in [4.78, 5) is 11.0. The number of amides is 1. The SMILES string of the molecule is CC(=O)Nc1cc(F)cc(C(C)=N[S@+]([O-])C(C)(C)C)c1. The zero-order valence-corrected chi connectivity index (χ0v) is 13.1. The Balaban J connectivity index is 3.09. The van der Waals surface area contributed by atoms with Crippen LogP contribution in [0.2, 0.25) is 0 Å². The third-order valence-electron chi connectivity index (χ3n) is 2.38. The van der Waals surface area contributed by atoms with Gasteiger partial charge in [-0.15, -0.1) is 0 Å². The average Bonchev–Trinajstić information content (AvgIpc) is 2.25. The Kier molecular flexibility index (Phi) is 5.30. The Bertz CT molecular complexity index is 538. The molecule has 20 heavy (non-hydrogen) atoms. The summed E-state index contributed by atoms with van der Waals surface area (Å²) in [5, 5.41) is 2.51. The molecule has 1 amide bonds. The fourth-order valence-corrected chi connectivity index (χ4v) is 2.02. The van der Waals surface area contributed by atoms with Crippen molar-refractivity contribution in [2.24, 2.45) is 4.40 Å². The number of carbonyl (C=O) groups excluding carboxylic acids is 1. The summed E-state index contributed by atoms with van der Waals surface area (Å²) < 4.78 is 29.1. The van der Waals surface area contributed by atoms with Gasteiger partial charge in [0.2, 0.25) is 5.91 Å². The molecule has 0 radical (unpaired) electrons. The molecule has 0 bridgehead atoms. The van der Waals surface area contributed by atoms with Gasteiger partial charge in [0.15, 0.2) is 0 Å². The highest BCUT2D eigenvalue weighted by molar-refractivity contribution is 7.91. The predicted octanol–water partition coefficient (Wildman–Crippen LogP) is 3.06. The number of nitrogens with zero attached hydrogens (tertiary/aromatic N) is 1. The standard InChI is InChI=1S/C14H19FN2O2S/c1-9(17-20(19)14(3,4)5)11-6-12(15)8-13(7-11)16-10(2)18/h6-8H,1-5H3,(H,16,18)/t20-/m1/s1. The minimum Gasteiger partial charge on any atom is -0.591 e. The smallest absolute Gasteiger partial charge is 0.221 e. The van der Waals surface area contributed by atoms with E-state index in [1.165, 1.54) is 19.1 Å². The normalized spacial score (nSPS) is 14.1. The maximum Gasteiger partial charge on any atom is 0.221 e. The molecule has 0 aliphatic heterocycles. The second-order valence-electron chi connectivity index (χ2n) is 5.45. The van der Waals surface area contributed by atoms with Crippen molar-refractivity contribution < 1.29 is 13.7 Å². The van der Waals surface area contributed by atoms with E-state index in [0.29, 0.717) is 17.0 Å². The molecular formula is C14H19FN2O2S. The molecule has 1 N–H and O–H groups in total. The lowest BCUT2D eigenvalue weighted by Crippen LogP contribution is -2.26. The molecular weight excluding hydrogens is 279 g/mol. The average molecular weight is 298 g/mol. The lowest BCUT2D eigenvalue weighted by Gasteiger charge is -2.18. The fraction of sp³-hybridized carbons (Fsp3) is 0.429. The van der Waals surface area contributed by atoms with Gasteiger partial charge in [0.05, 0.1) is 5.71 Å². The molecule has 1 atom stereocenters. The Labute approximate surface area is 121 Å². The van der Waals surface area contributed by atoms with E-state index >= 15 is 0 Å². The van der Waals surface area contributed by atoms with Crippen molar-refractivity contribution >= 4 is 28.7 Å². The monoisotopic (exact) mass is 298 g/mol. The first kappa shape index (κ1) is 16.7. The predicted molar refractivity (Wildman–Crippen MR) is 80.8 cm³/mol. The molecule has 0 aliphatic rings. The van der Waals surface area contributed by atoms with Crippen molar-refractivity contribution in [1.82, 2.24) is 0 Å². The van der Waals surface area contributed by atoms with Gasteiger partial charge in [-0.05, 0) is 45.9 Å². The van der Waals surface area contributed by atoms with Crippen molar-refractivity contribution in [3.8, 4) is 0 Å². The van der Waals surface area contributed by atoms with E-state index in [9.17, 15) is 13.7 Å². The van der Waals surface area contributed by atoms with Crippen molar-refractivity contribution in [2.75, 3.05) is 5.32 Å². The zero-order valence-electron chi connectivity index (χ0n) is 12.3. The lowest BCUT2D eigenvalue weighted by atomic mass is 10.1. The third kappa shape index (κ3) is 4.94. The van der Waals surface area contributed by atoms with Crippen molar-refractivity contribution in [3.63, 3.8) is 0 Å². The van der Waals surface area contributed by atoms with Gasteiger partial charge >= 0.3 is 0 Å². The summed E-state index contributed by atoms with van der Waals surface area (Å²) in [6.45, 7) is 8.45. The van der Waals surface area contributed by atoms with Crippen molar-refractivity contribution in [2.45, 2.75) is 39.4 Å². The molecule has 1 aromatic rings. The molecule has 0 aromatic heterocycles. The van der Waals surface area contributed by atoms with Gasteiger partial charge < -0.3 is 9.87 Å². The number of hydrogen-bond donors (Lipinski definition) is 1. The molecule has 0 saturated heterocycles. The summed E-state index contributed by atoms with van der Waals surface area (Å²) in [6, 6.07) is 4.12. The van der Waals surface area contributed by atoms with E-state index < -0.39 is 21.9 Å². The number of rotatable bonds is 3. The Hall–Kier alpha value is -1.40. The molecule has 0 unspecified atom stereocenters. The highest BCUT2D eigenvalue weighted by atomic mass is 32.2. The molecule has 0 spiro atoms. The second kappa shape index (κ2) is 6.37.